The SMILES string of the molecule is CCCCCCCCCCC/C=C\C1CC(=O)OC1=O. The second-order valence-corrected chi connectivity index (χ2v) is 5.65. The maximum absolute atomic E-state index is 11.2. The van der Waals surface area contributed by atoms with Gasteiger partial charge >= 0.3 is 11.9 Å². The lowest BCUT2D eigenvalue weighted by Crippen LogP contribution is -2.03. The third-order valence-electron chi connectivity index (χ3n) is 3.75. The molecular weight excluding hydrogens is 252 g/mol. The Morgan fingerprint density at radius 1 is 1.00 bits per heavy atom. The van der Waals surface area contributed by atoms with Gasteiger partial charge in [-0.25, -0.2) is 0 Å². The van der Waals surface area contributed by atoms with Gasteiger partial charge in [-0.2, -0.15) is 0 Å². The van der Waals surface area contributed by atoms with Crippen LogP contribution in [0.25, 0.3) is 0 Å². The van der Waals surface area contributed by atoms with E-state index in [1.165, 1.54) is 57.8 Å². The van der Waals surface area contributed by atoms with Gasteiger partial charge in [-0.15, -0.1) is 0 Å². The third kappa shape index (κ3) is 7.46. The summed E-state index contributed by atoms with van der Waals surface area (Å²) in [5, 5.41) is 0. The Kier molecular flexibility index (Phi) is 9.01. The number of carbonyl (C=O) groups excluding carboxylic acids is 2. The fourth-order valence-corrected chi connectivity index (χ4v) is 2.47. The largest absolute Gasteiger partial charge is 0.393 e. The van der Waals surface area contributed by atoms with Crippen LogP contribution < -0.4 is 0 Å². The van der Waals surface area contributed by atoms with Crippen LogP contribution in [0.15, 0.2) is 12.2 Å². The van der Waals surface area contributed by atoms with Crippen LogP contribution in [0.2, 0.25) is 0 Å². The summed E-state index contributed by atoms with van der Waals surface area (Å²) in [6.45, 7) is 2.24. The first kappa shape index (κ1) is 16.9. The van der Waals surface area contributed by atoms with Gasteiger partial charge in [-0.3, -0.25) is 9.59 Å². The minimum absolute atomic E-state index is 0.215. The minimum Gasteiger partial charge on any atom is -0.393 e. The standard InChI is InChI=1S/C17H28O3/c1-2-3-4-5-6-7-8-9-10-11-12-13-15-14-16(18)20-17(15)19/h12-13,15H,2-11,14H2,1H3/b13-12-. The number of unbranched alkanes of at least 4 members (excludes halogenated alkanes) is 9. The van der Waals surface area contributed by atoms with Crippen molar-refractivity contribution in [2.24, 2.45) is 5.92 Å². The Hall–Kier alpha value is -1.12. The topological polar surface area (TPSA) is 43.4 Å². The van der Waals surface area contributed by atoms with Gasteiger partial charge in [-0.1, -0.05) is 70.4 Å². The molecule has 1 fully saturated rings. The number of allylic oxidation sites excluding steroid dienone is 1. The Balaban J connectivity index is 1.89. The van der Waals surface area contributed by atoms with E-state index in [1.807, 2.05) is 12.2 Å². The van der Waals surface area contributed by atoms with Gasteiger partial charge in [-0.05, 0) is 12.8 Å². The number of esters is 2. The molecule has 1 unspecified atom stereocenters. The molecule has 1 saturated heterocycles. The van der Waals surface area contributed by atoms with Crippen LogP contribution in [0, 0.1) is 5.92 Å². The second-order valence-electron chi connectivity index (χ2n) is 5.65. The van der Waals surface area contributed by atoms with Crippen molar-refractivity contribution in [3.8, 4) is 0 Å². The molecule has 0 amide bonds. The van der Waals surface area contributed by atoms with Crippen LogP contribution in [0.5, 0.6) is 0 Å². The molecule has 0 spiro atoms. The molecule has 1 heterocycles. The number of ether oxygens (including phenoxy) is 1. The zero-order chi connectivity index (χ0) is 14.6. The summed E-state index contributed by atoms with van der Waals surface area (Å²) in [5.41, 5.74) is 0. The van der Waals surface area contributed by atoms with Gasteiger partial charge < -0.3 is 4.74 Å². The zero-order valence-corrected chi connectivity index (χ0v) is 12.7. The van der Waals surface area contributed by atoms with E-state index in [1.54, 1.807) is 0 Å². The van der Waals surface area contributed by atoms with Crippen LogP contribution in [0.1, 0.15) is 77.6 Å². The first-order valence-electron chi connectivity index (χ1n) is 8.15. The van der Waals surface area contributed by atoms with Gasteiger partial charge in [0, 0.05) is 0 Å². The first-order valence-corrected chi connectivity index (χ1v) is 8.15. The maximum Gasteiger partial charge on any atom is 0.321 e. The molecule has 0 radical (unpaired) electrons. The van der Waals surface area contributed by atoms with Crippen molar-refractivity contribution < 1.29 is 14.3 Å². The molecule has 0 aliphatic carbocycles. The Morgan fingerprint density at radius 2 is 1.60 bits per heavy atom. The molecule has 1 aliphatic rings. The molecule has 0 aromatic heterocycles. The zero-order valence-electron chi connectivity index (χ0n) is 12.7. The van der Waals surface area contributed by atoms with Crippen molar-refractivity contribution in [1.82, 2.24) is 0 Å². The molecule has 20 heavy (non-hydrogen) atoms. The highest BCUT2D eigenvalue weighted by atomic mass is 16.6. The number of hydrogen-bond acceptors (Lipinski definition) is 3. The smallest absolute Gasteiger partial charge is 0.321 e. The Morgan fingerprint density at radius 3 is 2.15 bits per heavy atom. The number of carbonyl (C=O) groups is 2. The van der Waals surface area contributed by atoms with Gasteiger partial charge in [0.25, 0.3) is 0 Å². The van der Waals surface area contributed by atoms with E-state index in [-0.39, 0.29) is 12.3 Å². The average Bonchev–Trinajstić information content (AvgIpc) is 2.74. The van der Waals surface area contributed by atoms with E-state index < -0.39 is 11.9 Å². The first-order chi connectivity index (χ1) is 9.74. The van der Waals surface area contributed by atoms with Gasteiger partial charge in [0.05, 0.1) is 12.3 Å². The van der Waals surface area contributed by atoms with Crippen LogP contribution in [0.4, 0.5) is 0 Å². The fourth-order valence-electron chi connectivity index (χ4n) is 2.47. The molecule has 0 aromatic carbocycles. The van der Waals surface area contributed by atoms with E-state index >= 15 is 0 Å². The van der Waals surface area contributed by atoms with Gasteiger partial charge in [0.2, 0.25) is 0 Å². The predicted molar refractivity (Wildman–Crippen MR) is 80.2 cm³/mol. The highest BCUT2D eigenvalue weighted by Gasteiger charge is 2.30. The molecule has 1 aliphatic heterocycles. The van der Waals surface area contributed by atoms with E-state index in [9.17, 15) is 9.59 Å². The molecule has 0 saturated carbocycles. The van der Waals surface area contributed by atoms with E-state index in [2.05, 4.69) is 11.7 Å². The monoisotopic (exact) mass is 280 g/mol. The highest BCUT2D eigenvalue weighted by molar-refractivity contribution is 5.95. The molecule has 114 valence electrons. The average molecular weight is 280 g/mol. The Bertz CT molecular complexity index is 320. The maximum atomic E-state index is 11.2. The summed E-state index contributed by atoms with van der Waals surface area (Å²) >= 11 is 0. The van der Waals surface area contributed by atoms with Gasteiger partial charge in [0.15, 0.2) is 0 Å². The van der Waals surface area contributed by atoms with Crippen molar-refractivity contribution >= 4 is 11.9 Å². The summed E-state index contributed by atoms with van der Waals surface area (Å²) in [6, 6.07) is 0. The lowest BCUT2D eigenvalue weighted by atomic mass is 10.0. The fraction of sp³-hybridized carbons (Fsp3) is 0.765. The highest BCUT2D eigenvalue weighted by Crippen LogP contribution is 2.17. The van der Waals surface area contributed by atoms with E-state index in [0.717, 1.165) is 6.42 Å². The molecule has 0 bridgehead atoms. The Labute approximate surface area is 122 Å². The lowest BCUT2D eigenvalue weighted by Gasteiger charge is -2.01. The summed E-state index contributed by atoms with van der Waals surface area (Å²) < 4.78 is 4.50. The summed E-state index contributed by atoms with van der Waals surface area (Å²) in [4.78, 5) is 22.1. The minimum atomic E-state index is -0.396. The predicted octanol–water partition coefficient (Wildman–Crippen LogP) is 4.55. The summed E-state index contributed by atoms with van der Waals surface area (Å²) in [6.07, 6.45) is 17.0. The molecule has 1 rings (SSSR count). The van der Waals surface area contributed by atoms with Gasteiger partial charge in [0.1, 0.15) is 0 Å². The van der Waals surface area contributed by atoms with Crippen LogP contribution in [0.3, 0.4) is 0 Å². The third-order valence-corrected chi connectivity index (χ3v) is 3.75. The normalized spacial score (nSPS) is 18.9. The van der Waals surface area contributed by atoms with Crippen molar-refractivity contribution in [2.75, 3.05) is 0 Å². The van der Waals surface area contributed by atoms with E-state index in [0.29, 0.717) is 0 Å². The molecule has 3 heteroatoms. The number of rotatable bonds is 11. The van der Waals surface area contributed by atoms with Crippen molar-refractivity contribution in [3.63, 3.8) is 0 Å². The number of cyclic esters (lactones) is 2. The van der Waals surface area contributed by atoms with Crippen LogP contribution in [-0.4, -0.2) is 11.9 Å². The van der Waals surface area contributed by atoms with Crippen LogP contribution >= 0.6 is 0 Å². The number of hydrogen-bond donors (Lipinski definition) is 0. The summed E-state index contributed by atoms with van der Waals surface area (Å²) in [5.74, 6) is -1.12. The van der Waals surface area contributed by atoms with Crippen molar-refractivity contribution in [3.05, 3.63) is 12.2 Å². The second kappa shape index (κ2) is 10.6. The van der Waals surface area contributed by atoms with E-state index in [4.69, 9.17) is 0 Å². The molecule has 0 aromatic rings. The van der Waals surface area contributed by atoms with Crippen molar-refractivity contribution in [2.45, 2.75) is 77.6 Å². The molecular formula is C17H28O3. The van der Waals surface area contributed by atoms with Crippen molar-refractivity contribution in [1.29, 1.82) is 0 Å². The molecule has 3 nitrogen and oxygen atoms in total. The quantitative estimate of drug-likeness (QED) is 0.241. The van der Waals surface area contributed by atoms with Crippen LogP contribution in [-0.2, 0) is 14.3 Å². The summed E-state index contributed by atoms with van der Waals surface area (Å²) in [7, 11) is 0. The molecule has 0 N–H and O–H groups in total. The molecule has 1 atom stereocenters. The lowest BCUT2D eigenvalue weighted by molar-refractivity contribution is -0.152.